The third-order valence-corrected chi connectivity index (χ3v) is 2.66. The molecule has 0 aromatic heterocycles. The van der Waals surface area contributed by atoms with Crippen molar-refractivity contribution in [2.24, 2.45) is 5.41 Å². The zero-order chi connectivity index (χ0) is 9.19. The van der Waals surface area contributed by atoms with Gasteiger partial charge in [0.2, 0.25) is 0 Å². The first-order chi connectivity index (χ1) is 5.58. The molecule has 0 bridgehead atoms. The zero-order valence-electron chi connectivity index (χ0n) is 8.35. The number of hydrogen-bond acceptors (Lipinski definition) is 0. The Bertz CT molecular complexity index is 239. The maximum Gasteiger partial charge on any atom is -0.00981 e. The van der Waals surface area contributed by atoms with Crippen molar-refractivity contribution in [2.45, 2.75) is 33.6 Å². The summed E-state index contributed by atoms with van der Waals surface area (Å²) in [6.07, 6.45) is 8.82. The highest BCUT2D eigenvalue weighted by Crippen LogP contribution is 2.39. The van der Waals surface area contributed by atoms with Gasteiger partial charge >= 0.3 is 0 Å². The van der Waals surface area contributed by atoms with Gasteiger partial charge < -0.3 is 0 Å². The summed E-state index contributed by atoms with van der Waals surface area (Å²) in [4.78, 5) is 0. The molecule has 0 fully saturated rings. The maximum atomic E-state index is 3.75. The van der Waals surface area contributed by atoms with Crippen LogP contribution in [0.5, 0.6) is 0 Å². The minimum absolute atomic E-state index is 0.340. The highest BCUT2D eigenvalue weighted by atomic mass is 14.3. The lowest BCUT2D eigenvalue weighted by atomic mass is 9.73. The van der Waals surface area contributed by atoms with Crippen molar-refractivity contribution >= 4 is 0 Å². The van der Waals surface area contributed by atoms with Crippen LogP contribution in [-0.2, 0) is 0 Å². The van der Waals surface area contributed by atoms with Gasteiger partial charge in [-0.1, -0.05) is 44.2 Å². The van der Waals surface area contributed by atoms with Gasteiger partial charge in [-0.3, -0.25) is 0 Å². The molecule has 0 aromatic rings. The van der Waals surface area contributed by atoms with Crippen LogP contribution in [0.2, 0.25) is 0 Å². The van der Waals surface area contributed by atoms with Crippen molar-refractivity contribution in [1.29, 1.82) is 0 Å². The molecule has 0 aliphatic heterocycles. The minimum Gasteiger partial charge on any atom is -0.0991 e. The quantitative estimate of drug-likeness (QED) is 0.549. The Balaban J connectivity index is 3.04. The van der Waals surface area contributed by atoms with Crippen molar-refractivity contribution in [3.8, 4) is 0 Å². The maximum absolute atomic E-state index is 3.75. The van der Waals surface area contributed by atoms with Gasteiger partial charge in [0, 0.05) is 0 Å². The summed E-state index contributed by atoms with van der Waals surface area (Å²) >= 11 is 0. The predicted octanol–water partition coefficient (Wildman–Crippen LogP) is 3.87. The van der Waals surface area contributed by atoms with Gasteiger partial charge in [-0.25, -0.2) is 0 Å². The summed E-state index contributed by atoms with van der Waals surface area (Å²) in [6, 6.07) is 0. The van der Waals surface area contributed by atoms with E-state index in [1.54, 1.807) is 0 Å². The van der Waals surface area contributed by atoms with Crippen LogP contribution in [0.25, 0.3) is 0 Å². The Labute approximate surface area is 75.7 Å². The van der Waals surface area contributed by atoms with Crippen LogP contribution in [0.1, 0.15) is 33.6 Å². The number of rotatable bonds is 1. The molecule has 1 aliphatic rings. The molecule has 12 heavy (non-hydrogen) atoms. The third kappa shape index (κ3) is 1.69. The lowest BCUT2D eigenvalue weighted by Crippen LogP contribution is -2.18. The molecule has 0 heteroatoms. The molecule has 0 atom stereocenters. The van der Waals surface area contributed by atoms with Crippen LogP contribution >= 0.6 is 0 Å². The monoisotopic (exact) mass is 162 g/mol. The second-order valence-corrected chi connectivity index (χ2v) is 4.13. The summed E-state index contributed by atoms with van der Waals surface area (Å²) in [7, 11) is 0. The Morgan fingerprint density at radius 2 is 2.17 bits per heavy atom. The van der Waals surface area contributed by atoms with Gasteiger partial charge in [-0.15, -0.1) is 0 Å². The largest absolute Gasteiger partial charge is 0.0991 e. The fourth-order valence-corrected chi connectivity index (χ4v) is 1.90. The van der Waals surface area contributed by atoms with E-state index in [1.165, 1.54) is 24.0 Å². The molecule has 0 amide bonds. The molecule has 0 radical (unpaired) electrons. The smallest absolute Gasteiger partial charge is 0.00981 e. The zero-order valence-corrected chi connectivity index (χ0v) is 8.35. The Hall–Kier alpha value is -0.780. The van der Waals surface area contributed by atoms with Gasteiger partial charge in [0.15, 0.2) is 0 Å². The molecule has 0 spiro atoms. The van der Waals surface area contributed by atoms with E-state index in [-0.39, 0.29) is 0 Å². The van der Waals surface area contributed by atoms with Crippen molar-refractivity contribution < 1.29 is 0 Å². The molecule has 0 saturated heterocycles. The number of allylic oxidation sites excluding steroid dienone is 5. The standard InChI is InChI=1S/C12H18/c1-5-7-11-10(2)8-6-9-12(11,3)4/h5,7-8H,1,6,9H2,2-4H3/b11-7+. The van der Waals surface area contributed by atoms with Crippen LogP contribution in [0.15, 0.2) is 36.0 Å². The highest BCUT2D eigenvalue weighted by molar-refractivity contribution is 5.38. The topological polar surface area (TPSA) is 0 Å². The van der Waals surface area contributed by atoms with E-state index in [2.05, 4.69) is 39.5 Å². The lowest BCUT2D eigenvalue weighted by molar-refractivity contribution is 0.404. The lowest BCUT2D eigenvalue weighted by Gasteiger charge is -2.32. The molecule has 0 unspecified atom stereocenters. The molecule has 1 aliphatic carbocycles. The average molecular weight is 162 g/mol. The van der Waals surface area contributed by atoms with E-state index in [0.29, 0.717) is 5.41 Å². The molecule has 0 N–H and O–H groups in total. The van der Waals surface area contributed by atoms with E-state index < -0.39 is 0 Å². The molecule has 0 heterocycles. The van der Waals surface area contributed by atoms with Gasteiger partial charge in [0.25, 0.3) is 0 Å². The molecule has 66 valence electrons. The fourth-order valence-electron chi connectivity index (χ4n) is 1.90. The predicted molar refractivity (Wildman–Crippen MR) is 55.1 cm³/mol. The van der Waals surface area contributed by atoms with Crippen molar-refractivity contribution in [3.05, 3.63) is 36.0 Å². The van der Waals surface area contributed by atoms with Gasteiger partial charge in [-0.05, 0) is 30.8 Å². The van der Waals surface area contributed by atoms with E-state index in [1.807, 2.05) is 6.08 Å². The first-order valence-electron chi connectivity index (χ1n) is 4.58. The Kier molecular flexibility index (Phi) is 2.56. The first kappa shape index (κ1) is 9.31. The molecular weight excluding hydrogens is 144 g/mol. The summed E-state index contributed by atoms with van der Waals surface area (Å²) in [5, 5.41) is 0. The van der Waals surface area contributed by atoms with Crippen molar-refractivity contribution in [1.82, 2.24) is 0 Å². The summed E-state index contributed by atoms with van der Waals surface area (Å²) in [5.41, 5.74) is 3.21. The van der Waals surface area contributed by atoms with Gasteiger partial charge in [-0.2, -0.15) is 0 Å². The summed E-state index contributed by atoms with van der Waals surface area (Å²) < 4.78 is 0. The van der Waals surface area contributed by atoms with E-state index in [9.17, 15) is 0 Å². The summed E-state index contributed by atoms with van der Waals surface area (Å²) in [5.74, 6) is 0. The Morgan fingerprint density at radius 3 is 2.67 bits per heavy atom. The van der Waals surface area contributed by atoms with E-state index in [4.69, 9.17) is 0 Å². The summed E-state index contributed by atoms with van der Waals surface area (Å²) in [6.45, 7) is 10.6. The molecule has 0 nitrogen and oxygen atoms in total. The van der Waals surface area contributed by atoms with Crippen molar-refractivity contribution in [3.63, 3.8) is 0 Å². The first-order valence-corrected chi connectivity index (χ1v) is 4.58. The molecular formula is C12H18. The molecule has 0 saturated carbocycles. The van der Waals surface area contributed by atoms with E-state index in [0.717, 1.165) is 0 Å². The van der Waals surface area contributed by atoms with Crippen LogP contribution in [-0.4, -0.2) is 0 Å². The van der Waals surface area contributed by atoms with Crippen LogP contribution in [0.3, 0.4) is 0 Å². The highest BCUT2D eigenvalue weighted by Gasteiger charge is 2.25. The number of hydrogen-bond donors (Lipinski definition) is 0. The molecule has 1 rings (SSSR count). The third-order valence-electron chi connectivity index (χ3n) is 2.66. The van der Waals surface area contributed by atoms with Gasteiger partial charge in [0.05, 0.1) is 0 Å². The Morgan fingerprint density at radius 1 is 1.50 bits per heavy atom. The van der Waals surface area contributed by atoms with E-state index >= 15 is 0 Å². The SMILES string of the molecule is C=C/C=C1\C(C)=CCCC1(C)C. The van der Waals surface area contributed by atoms with Crippen LogP contribution in [0.4, 0.5) is 0 Å². The van der Waals surface area contributed by atoms with Crippen molar-refractivity contribution in [2.75, 3.05) is 0 Å². The average Bonchev–Trinajstić information content (AvgIpc) is 1.97. The molecule has 0 aromatic carbocycles. The van der Waals surface area contributed by atoms with Gasteiger partial charge in [0.1, 0.15) is 0 Å². The fraction of sp³-hybridized carbons (Fsp3) is 0.500. The second kappa shape index (κ2) is 3.30. The van der Waals surface area contributed by atoms with Crippen LogP contribution in [0, 0.1) is 5.41 Å². The van der Waals surface area contributed by atoms with Crippen LogP contribution < -0.4 is 0 Å². The second-order valence-electron chi connectivity index (χ2n) is 4.13. The minimum atomic E-state index is 0.340. The normalized spacial score (nSPS) is 25.2.